The van der Waals surface area contributed by atoms with Crippen molar-refractivity contribution < 1.29 is 13.9 Å². The number of benzene rings is 1. The summed E-state index contributed by atoms with van der Waals surface area (Å²) >= 11 is 6.17. The standard InChI is InChI=1S/C19H26ClFN2O2/c1-14(2)23-8-4-3-7-19(18(23)24)13-22(9-10-25-19)12-15-5-6-16(21)11-17(15)20/h5-6,11,14H,3-4,7-10,12-13H2,1-2H3. The SMILES string of the molecule is CC(C)N1CCCCC2(CN(Cc3ccc(F)cc3Cl)CCO2)C1=O. The molecule has 2 aliphatic heterocycles. The zero-order chi connectivity index (χ0) is 18.0. The largest absolute Gasteiger partial charge is 0.362 e. The lowest BCUT2D eigenvalue weighted by Crippen LogP contribution is -2.60. The third-order valence-corrected chi connectivity index (χ3v) is 5.53. The molecule has 0 aromatic heterocycles. The average Bonchev–Trinajstić information content (AvgIpc) is 2.71. The van der Waals surface area contributed by atoms with Crippen LogP contribution in [0.2, 0.25) is 5.02 Å². The zero-order valence-corrected chi connectivity index (χ0v) is 15.7. The van der Waals surface area contributed by atoms with Gasteiger partial charge >= 0.3 is 0 Å². The van der Waals surface area contributed by atoms with Crippen LogP contribution >= 0.6 is 11.6 Å². The van der Waals surface area contributed by atoms with Gasteiger partial charge in [-0.3, -0.25) is 9.69 Å². The van der Waals surface area contributed by atoms with E-state index in [1.165, 1.54) is 12.1 Å². The van der Waals surface area contributed by atoms with E-state index >= 15 is 0 Å². The van der Waals surface area contributed by atoms with Crippen molar-refractivity contribution in [2.75, 3.05) is 26.2 Å². The highest BCUT2D eigenvalue weighted by Crippen LogP contribution is 2.32. The second kappa shape index (κ2) is 7.60. The van der Waals surface area contributed by atoms with Crippen molar-refractivity contribution in [3.63, 3.8) is 0 Å². The normalized spacial score (nSPS) is 25.6. The first-order valence-corrected chi connectivity index (χ1v) is 9.40. The Morgan fingerprint density at radius 3 is 2.84 bits per heavy atom. The molecule has 1 unspecified atom stereocenters. The molecule has 1 spiro atoms. The topological polar surface area (TPSA) is 32.8 Å². The number of halogens is 2. The van der Waals surface area contributed by atoms with Crippen LogP contribution in [0.15, 0.2) is 18.2 Å². The molecule has 2 heterocycles. The number of carbonyl (C=O) groups excluding carboxylic acids is 1. The van der Waals surface area contributed by atoms with Crippen LogP contribution in [0.5, 0.6) is 0 Å². The van der Waals surface area contributed by atoms with Crippen LogP contribution < -0.4 is 0 Å². The molecule has 2 saturated heterocycles. The molecular weight excluding hydrogens is 343 g/mol. The van der Waals surface area contributed by atoms with Crippen molar-refractivity contribution in [3.05, 3.63) is 34.6 Å². The number of carbonyl (C=O) groups is 1. The van der Waals surface area contributed by atoms with Gasteiger partial charge in [-0.05, 0) is 50.8 Å². The van der Waals surface area contributed by atoms with Gasteiger partial charge in [-0.15, -0.1) is 0 Å². The maximum Gasteiger partial charge on any atom is 0.256 e. The van der Waals surface area contributed by atoms with Gasteiger partial charge in [0.1, 0.15) is 5.82 Å². The second-order valence-electron chi connectivity index (χ2n) is 7.34. The summed E-state index contributed by atoms with van der Waals surface area (Å²) in [6, 6.07) is 4.65. The highest BCUT2D eigenvalue weighted by Gasteiger charge is 2.47. The minimum Gasteiger partial charge on any atom is -0.362 e. The smallest absolute Gasteiger partial charge is 0.256 e. The Morgan fingerprint density at radius 2 is 2.12 bits per heavy atom. The minimum atomic E-state index is -0.758. The van der Waals surface area contributed by atoms with Gasteiger partial charge in [0.2, 0.25) is 0 Å². The maximum atomic E-state index is 13.3. The van der Waals surface area contributed by atoms with Gasteiger partial charge in [0.05, 0.1) is 6.61 Å². The number of hydrogen-bond donors (Lipinski definition) is 0. The van der Waals surface area contributed by atoms with Gasteiger partial charge in [-0.2, -0.15) is 0 Å². The maximum absolute atomic E-state index is 13.3. The molecule has 0 saturated carbocycles. The van der Waals surface area contributed by atoms with Gasteiger partial charge in [0.25, 0.3) is 5.91 Å². The average molecular weight is 369 g/mol. The van der Waals surface area contributed by atoms with Crippen LogP contribution in [-0.4, -0.2) is 53.6 Å². The van der Waals surface area contributed by atoms with Crippen molar-refractivity contribution in [2.24, 2.45) is 0 Å². The highest BCUT2D eigenvalue weighted by atomic mass is 35.5. The van der Waals surface area contributed by atoms with Crippen LogP contribution in [0, 0.1) is 5.82 Å². The fourth-order valence-electron chi connectivity index (χ4n) is 3.82. The number of nitrogens with zero attached hydrogens (tertiary/aromatic N) is 2. The summed E-state index contributed by atoms with van der Waals surface area (Å²) in [4.78, 5) is 17.3. The third kappa shape index (κ3) is 3.99. The summed E-state index contributed by atoms with van der Waals surface area (Å²) in [6.07, 6.45) is 2.75. The van der Waals surface area contributed by atoms with Crippen molar-refractivity contribution in [3.8, 4) is 0 Å². The predicted octanol–water partition coefficient (Wildman–Crippen LogP) is 3.47. The van der Waals surface area contributed by atoms with E-state index in [-0.39, 0.29) is 17.8 Å². The van der Waals surface area contributed by atoms with Crippen molar-refractivity contribution >= 4 is 17.5 Å². The molecule has 4 nitrogen and oxygen atoms in total. The molecular formula is C19H26ClFN2O2. The molecule has 6 heteroatoms. The van der Waals surface area contributed by atoms with Crippen LogP contribution in [0.3, 0.4) is 0 Å². The van der Waals surface area contributed by atoms with Gasteiger partial charge in [0, 0.05) is 37.2 Å². The predicted molar refractivity (Wildman–Crippen MR) is 96.1 cm³/mol. The van der Waals surface area contributed by atoms with Gasteiger partial charge in [0.15, 0.2) is 5.60 Å². The molecule has 138 valence electrons. The molecule has 1 amide bonds. The van der Waals surface area contributed by atoms with Gasteiger partial charge in [-0.1, -0.05) is 17.7 Å². The van der Waals surface area contributed by atoms with E-state index < -0.39 is 5.60 Å². The monoisotopic (exact) mass is 368 g/mol. The molecule has 0 aliphatic carbocycles. The van der Waals surface area contributed by atoms with E-state index in [9.17, 15) is 9.18 Å². The summed E-state index contributed by atoms with van der Waals surface area (Å²) in [7, 11) is 0. The van der Waals surface area contributed by atoms with E-state index in [2.05, 4.69) is 18.7 Å². The summed E-state index contributed by atoms with van der Waals surface area (Å²) in [5.41, 5.74) is 0.118. The lowest BCUT2D eigenvalue weighted by molar-refractivity contribution is -0.172. The molecule has 1 aromatic rings. The van der Waals surface area contributed by atoms with Crippen molar-refractivity contribution in [2.45, 2.75) is 51.3 Å². The molecule has 0 bridgehead atoms. The van der Waals surface area contributed by atoms with Crippen LogP contribution in [0.1, 0.15) is 38.7 Å². The van der Waals surface area contributed by atoms with E-state index in [1.54, 1.807) is 6.07 Å². The van der Waals surface area contributed by atoms with Crippen molar-refractivity contribution in [1.29, 1.82) is 0 Å². The number of amides is 1. The molecule has 0 radical (unpaired) electrons. The Morgan fingerprint density at radius 1 is 1.32 bits per heavy atom. The Kier molecular flexibility index (Phi) is 5.66. The Hall–Kier alpha value is -1.17. The number of morpholine rings is 1. The molecule has 25 heavy (non-hydrogen) atoms. The molecule has 1 aromatic carbocycles. The third-order valence-electron chi connectivity index (χ3n) is 5.18. The van der Waals surface area contributed by atoms with E-state index in [4.69, 9.17) is 16.3 Å². The van der Waals surface area contributed by atoms with Crippen molar-refractivity contribution in [1.82, 2.24) is 9.80 Å². The van der Waals surface area contributed by atoms with Gasteiger partial charge < -0.3 is 9.64 Å². The highest BCUT2D eigenvalue weighted by molar-refractivity contribution is 6.31. The molecule has 2 fully saturated rings. The molecule has 3 rings (SSSR count). The Bertz CT molecular complexity index is 640. The minimum absolute atomic E-state index is 0.106. The van der Waals surface area contributed by atoms with E-state index in [1.807, 2.05) is 4.90 Å². The van der Waals surface area contributed by atoms with Crippen LogP contribution in [-0.2, 0) is 16.1 Å². The number of ether oxygens (including phenoxy) is 1. The number of likely N-dealkylation sites (tertiary alicyclic amines) is 1. The fraction of sp³-hybridized carbons (Fsp3) is 0.632. The first kappa shape index (κ1) is 18.6. The van der Waals surface area contributed by atoms with E-state index in [0.29, 0.717) is 24.7 Å². The lowest BCUT2D eigenvalue weighted by atomic mass is 9.93. The summed E-state index contributed by atoms with van der Waals surface area (Å²) in [5, 5.41) is 0.427. The summed E-state index contributed by atoms with van der Waals surface area (Å²) in [5.74, 6) is -0.228. The Balaban J connectivity index is 1.78. The van der Waals surface area contributed by atoms with Crippen LogP contribution in [0.4, 0.5) is 4.39 Å². The lowest BCUT2D eigenvalue weighted by Gasteiger charge is -2.43. The first-order valence-electron chi connectivity index (χ1n) is 9.02. The number of rotatable bonds is 3. The first-order chi connectivity index (χ1) is 11.9. The van der Waals surface area contributed by atoms with Crippen LogP contribution in [0.25, 0.3) is 0 Å². The molecule has 1 atom stereocenters. The fourth-order valence-corrected chi connectivity index (χ4v) is 4.04. The summed E-state index contributed by atoms with van der Waals surface area (Å²) in [6.45, 7) is 7.32. The zero-order valence-electron chi connectivity index (χ0n) is 14.9. The summed E-state index contributed by atoms with van der Waals surface area (Å²) < 4.78 is 19.3. The van der Waals surface area contributed by atoms with Gasteiger partial charge in [-0.25, -0.2) is 4.39 Å². The Labute approximate surface area is 153 Å². The van der Waals surface area contributed by atoms with E-state index in [0.717, 1.165) is 37.9 Å². The molecule has 0 N–H and O–H groups in total. The number of hydrogen-bond acceptors (Lipinski definition) is 3. The second-order valence-corrected chi connectivity index (χ2v) is 7.75. The molecule has 2 aliphatic rings. The quantitative estimate of drug-likeness (QED) is 0.819.